The zero-order chi connectivity index (χ0) is 22.4. The summed E-state index contributed by atoms with van der Waals surface area (Å²) in [4.78, 5) is 38.9. The van der Waals surface area contributed by atoms with E-state index in [4.69, 9.17) is 14.2 Å². The molecule has 2 aromatic rings. The van der Waals surface area contributed by atoms with Gasteiger partial charge in [0.25, 0.3) is 5.91 Å². The number of Topliss-reactive ketones (excluding diaryl/α,β-unsaturated/α-hetero) is 1. The van der Waals surface area contributed by atoms with E-state index in [1.54, 1.807) is 19.1 Å². The number of nitrogens with one attached hydrogen (secondary N) is 1. The molecule has 0 saturated carbocycles. The Balaban J connectivity index is 1.76. The molecule has 8 nitrogen and oxygen atoms in total. The number of ketones is 1. The van der Waals surface area contributed by atoms with Crippen molar-refractivity contribution in [3.63, 3.8) is 0 Å². The highest BCUT2D eigenvalue weighted by atomic mass is 19.1. The number of carbonyl (C=O) groups is 3. The third kappa shape index (κ3) is 5.37. The first-order valence-electron chi connectivity index (χ1n) is 9.68. The van der Waals surface area contributed by atoms with Crippen LogP contribution in [0.5, 0.6) is 11.5 Å². The largest absolute Gasteiger partial charge is 0.485 e. The zero-order valence-electron chi connectivity index (χ0n) is 17.2. The van der Waals surface area contributed by atoms with Gasteiger partial charge < -0.3 is 19.5 Å². The van der Waals surface area contributed by atoms with Gasteiger partial charge in [-0.3, -0.25) is 19.3 Å². The lowest BCUT2D eigenvalue weighted by molar-refractivity contribution is -0.127. The number of hydrogen-bond acceptors (Lipinski definition) is 6. The Morgan fingerprint density at radius 1 is 1.23 bits per heavy atom. The molecule has 164 valence electrons. The minimum Gasteiger partial charge on any atom is -0.485 e. The molecule has 0 fully saturated rings. The highest BCUT2D eigenvalue weighted by Crippen LogP contribution is 2.34. The van der Waals surface area contributed by atoms with Crippen LogP contribution in [0.2, 0.25) is 0 Å². The van der Waals surface area contributed by atoms with Gasteiger partial charge in [0.15, 0.2) is 19.0 Å². The quantitative estimate of drug-likeness (QED) is 0.483. The van der Waals surface area contributed by atoms with Crippen molar-refractivity contribution in [1.29, 1.82) is 0 Å². The van der Waals surface area contributed by atoms with E-state index in [0.29, 0.717) is 30.3 Å². The molecule has 0 radical (unpaired) electrons. The van der Waals surface area contributed by atoms with Crippen LogP contribution in [-0.2, 0) is 14.3 Å². The summed E-state index contributed by atoms with van der Waals surface area (Å²) < 4.78 is 28.8. The van der Waals surface area contributed by atoms with Crippen LogP contribution < -0.4 is 19.7 Å². The van der Waals surface area contributed by atoms with Crippen LogP contribution in [-0.4, -0.2) is 57.1 Å². The second-order valence-corrected chi connectivity index (χ2v) is 6.86. The Morgan fingerprint density at radius 3 is 2.68 bits per heavy atom. The molecule has 31 heavy (non-hydrogen) atoms. The Hall–Kier alpha value is -3.46. The van der Waals surface area contributed by atoms with E-state index in [0.717, 1.165) is 0 Å². The fraction of sp³-hybridized carbons (Fsp3) is 0.318. The standard InChI is InChI=1S/C22H23FN2O6/c1-14(22(28)24-9-10-29-2)25-18-11-15(3-8-20(18)31-13-21(25)27)19(26)12-30-17-6-4-16(23)5-7-17/h3-8,11,14H,9-10,12-13H2,1-2H3,(H,24,28). The number of rotatable bonds is 9. The third-order valence-electron chi connectivity index (χ3n) is 4.72. The second kappa shape index (κ2) is 10.0. The molecule has 0 saturated heterocycles. The highest BCUT2D eigenvalue weighted by molar-refractivity contribution is 6.05. The van der Waals surface area contributed by atoms with Gasteiger partial charge >= 0.3 is 0 Å². The second-order valence-electron chi connectivity index (χ2n) is 6.86. The predicted molar refractivity (Wildman–Crippen MR) is 110 cm³/mol. The van der Waals surface area contributed by atoms with Gasteiger partial charge in [-0.15, -0.1) is 0 Å². The van der Waals surface area contributed by atoms with Crippen molar-refractivity contribution < 1.29 is 33.0 Å². The number of anilines is 1. The molecule has 2 amide bonds. The van der Waals surface area contributed by atoms with Crippen LogP contribution in [0.4, 0.5) is 10.1 Å². The molecule has 1 aliphatic heterocycles. The lowest BCUT2D eigenvalue weighted by atomic mass is 10.1. The first-order valence-corrected chi connectivity index (χ1v) is 9.68. The van der Waals surface area contributed by atoms with E-state index < -0.39 is 17.8 Å². The maximum Gasteiger partial charge on any atom is 0.265 e. The summed E-state index contributed by atoms with van der Waals surface area (Å²) in [7, 11) is 1.52. The van der Waals surface area contributed by atoms with Crippen molar-refractivity contribution in [2.24, 2.45) is 0 Å². The Morgan fingerprint density at radius 2 is 1.97 bits per heavy atom. The predicted octanol–water partition coefficient (Wildman–Crippen LogP) is 1.96. The van der Waals surface area contributed by atoms with Crippen LogP contribution >= 0.6 is 0 Å². The number of methoxy groups -OCH3 is 1. The first-order chi connectivity index (χ1) is 14.9. The van der Waals surface area contributed by atoms with Crippen molar-refractivity contribution in [3.8, 4) is 11.5 Å². The van der Waals surface area contributed by atoms with Crippen LogP contribution in [0.3, 0.4) is 0 Å². The number of nitrogens with zero attached hydrogens (tertiary/aromatic N) is 1. The number of carbonyl (C=O) groups excluding carboxylic acids is 3. The number of ether oxygens (including phenoxy) is 3. The summed E-state index contributed by atoms with van der Waals surface area (Å²) in [6, 6.07) is 9.15. The summed E-state index contributed by atoms with van der Waals surface area (Å²) >= 11 is 0. The molecule has 1 aliphatic rings. The number of halogens is 1. The number of amides is 2. The molecular weight excluding hydrogens is 407 g/mol. The molecule has 2 aromatic carbocycles. The Labute approximate surface area is 178 Å². The van der Waals surface area contributed by atoms with Crippen LogP contribution in [0.15, 0.2) is 42.5 Å². The van der Waals surface area contributed by atoms with Gasteiger partial charge in [-0.05, 0) is 49.4 Å². The van der Waals surface area contributed by atoms with Crippen molar-refractivity contribution in [2.45, 2.75) is 13.0 Å². The minimum absolute atomic E-state index is 0.205. The van der Waals surface area contributed by atoms with Crippen LogP contribution in [0, 0.1) is 5.82 Å². The average molecular weight is 430 g/mol. The maximum atomic E-state index is 13.0. The van der Waals surface area contributed by atoms with E-state index in [9.17, 15) is 18.8 Å². The number of hydrogen-bond donors (Lipinski definition) is 1. The van der Waals surface area contributed by atoms with Crippen molar-refractivity contribution >= 4 is 23.3 Å². The smallest absolute Gasteiger partial charge is 0.265 e. The van der Waals surface area contributed by atoms with E-state index >= 15 is 0 Å². The monoisotopic (exact) mass is 430 g/mol. The molecule has 3 rings (SSSR count). The SMILES string of the molecule is COCCNC(=O)C(C)N1C(=O)COc2ccc(C(=O)COc3ccc(F)cc3)cc21. The lowest BCUT2D eigenvalue weighted by Gasteiger charge is -2.33. The van der Waals surface area contributed by atoms with Crippen LogP contribution in [0.25, 0.3) is 0 Å². The summed E-state index contributed by atoms with van der Waals surface area (Å²) in [5.41, 5.74) is 0.620. The molecular formula is C22H23FN2O6. The van der Waals surface area contributed by atoms with Gasteiger partial charge in [0, 0.05) is 19.2 Å². The number of fused-ring (bicyclic) bond motifs is 1. The molecule has 0 aromatic heterocycles. The first kappa shape index (κ1) is 22.2. The van der Waals surface area contributed by atoms with Gasteiger partial charge in [0.05, 0.1) is 12.3 Å². The fourth-order valence-electron chi connectivity index (χ4n) is 3.07. The molecule has 1 unspecified atom stereocenters. The topological polar surface area (TPSA) is 94.2 Å². The maximum absolute atomic E-state index is 13.0. The summed E-state index contributed by atoms with van der Waals surface area (Å²) in [5.74, 6) is -0.745. The molecule has 9 heteroatoms. The van der Waals surface area contributed by atoms with Crippen LogP contribution in [0.1, 0.15) is 17.3 Å². The molecule has 1 N–H and O–H groups in total. The molecule has 0 bridgehead atoms. The third-order valence-corrected chi connectivity index (χ3v) is 4.72. The van der Waals surface area contributed by atoms with E-state index in [2.05, 4.69) is 5.32 Å². The van der Waals surface area contributed by atoms with E-state index in [1.165, 1.54) is 42.3 Å². The van der Waals surface area contributed by atoms with Crippen molar-refractivity contribution in [2.75, 3.05) is 38.4 Å². The van der Waals surface area contributed by atoms with E-state index in [1.807, 2.05) is 0 Å². The Kier molecular flexibility index (Phi) is 7.19. The lowest BCUT2D eigenvalue weighted by Crippen LogP contribution is -2.51. The average Bonchev–Trinajstić information content (AvgIpc) is 2.77. The molecule has 0 aliphatic carbocycles. The summed E-state index contributed by atoms with van der Waals surface area (Å²) in [6.45, 7) is 1.78. The van der Waals surface area contributed by atoms with Gasteiger partial charge in [-0.2, -0.15) is 0 Å². The summed E-state index contributed by atoms with van der Waals surface area (Å²) in [5, 5.41) is 2.70. The summed E-state index contributed by atoms with van der Waals surface area (Å²) in [6.07, 6.45) is 0. The zero-order valence-corrected chi connectivity index (χ0v) is 17.2. The molecule has 1 atom stereocenters. The normalized spacial score (nSPS) is 13.8. The van der Waals surface area contributed by atoms with Crippen molar-refractivity contribution in [1.82, 2.24) is 5.32 Å². The van der Waals surface area contributed by atoms with Gasteiger partial charge in [-0.25, -0.2) is 4.39 Å². The number of benzene rings is 2. The Bertz CT molecular complexity index is 963. The highest BCUT2D eigenvalue weighted by Gasteiger charge is 2.33. The van der Waals surface area contributed by atoms with Gasteiger partial charge in [-0.1, -0.05) is 0 Å². The molecule has 1 heterocycles. The van der Waals surface area contributed by atoms with Gasteiger partial charge in [0.1, 0.15) is 23.4 Å². The molecule has 0 spiro atoms. The van der Waals surface area contributed by atoms with Crippen molar-refractivity contribution in [3.05, 3.63) is 53.8 Å². The van der Waals surface area contributed by atoms with E-state index in [-0.39, 0.29) is 30.5 Å². The minimum atomic E-state index is -0.812. The van der Waals surface area contributed by atoms with Gasteiger partial charge in [0.2, 0.25) is 5.91 Å². The fourth-order valence-corrected chi connectivity index (χ4v) is 3.07.